The first-order valence-electron chi connectivity index (χ1n) is 8.87. The van der Waals surface area contributed by atoms with E-state index in [2.05, 4.69) is 37.1 Å². The standard InChI is InChI=1S/C18H22N6O/c1-2-6-20-18(25)12-4-3-8-24(10-12)17-15-13-5-7-19-16(13)21-9-14(15)22-11-23-17/h5,7,9,11-12H,2-4,6,8,10H2,1H3,(H,19,21)(H,20,25). The molecule has 1 aliphatic rings. The van der Waals surface area contributed by atoms with Gasteiger partial charge < -0.3 is 15.2 Å². The second kappa shape index (κ2) is 6.66. The number of aromatic nitrogens is 4. The largest absolute Gasteiger partial charge is 0.356 e. The van der Waals surface area contributed by atoms with Gasteiger partial charge in [0.2, 0.25) is 5.91 Å². The highest BCUT2D eigenvalue weighted by Gasteiger charge is 2.27. The van der Waals surface area contributed by atoms with E-state index in [0.717, 1.165) is 60.1 Å². The number of piperidine rings is 1. The van der Waals surface area contributed by atoms with Crippen LogP contribution in [-0.4, -0.2) is 45.5 Å². The number of rotatable bonds is 4. The summed E-state index contributed by atoms with van der Waals surface area (Å²) in [6.07, 6.45) is 8.10. The Labute approximate surface area is 145 Å². The Bertz CT molecular complexity index is 905. The monoisotopic (exact) mass is 338 g/mol. The molecule has 25 heavy (non-hydrogen) atoms. The van der Waals surface area contributed by atoms with Crippen LogP contribution in [0, 0.1) is 5.92 Å². The number of H-pyrrole nitrogens is 1. The summed E-state index contributed by atoms with van der Waals surface area (Å²) in [6, 6.07) is 2.01. The number of pyridine rings is 1. The third-order valence-electron chi connectivity index (χ3n) is 4.81. The van der Waals surface area contributed by atoms with E-state index in [-0.39, 0.29) is 11.8 Å². The van der Waals surface area contributed by atoms with E-state index in [1.807, 2.05) is 12.3 Å². The summed E-state index contributed by atoms with van der Waals surface area (Å²) in [5.41, 5.74) is 1.66. The molecule has 3 aromatic rings. The normalized spacial score (nSPS) is 18.0. The third-order valence-corrected chi connectivity index (χ3v) is 4.81. The van der Waals surface area contributed by atoms with Crippen LogP contribution in [0.25, 0.3) is 21.9 Å². The predicted octanol–water partition coefficient (Wildman–Crippen LogP) is 2.25. The van der Waals surface area contributed by atoms with Gasteiger partial charge >= 0.3 is 0 Å². The van der Waals surface area contributed by atoms with Crippen molar-refractivity contribution in [3.05, 3.63) is 24.8 Å². The van der Waals surface area contributed by atoms with Crippen molar-refractivity contribution in [2.75, 3.05) is 24.5 Å². The molecule has 2 N–H and O–H groups in total. The van der Waals surface area contributed by atoms with Crippen LogP contribution in [-0.2, 0) is 4.79 Å². The molecule has 0 radical (unpaired) electrons. The molecule has 1 saturated heterocycles. The topological polar surface area (TPSA) is 86.8 Å². The van der Waals surface area contributed by atoms with Gasteiger partial charge in [-0.05, 0) is 25.3 Å². The fraction of sp³-hybridized carbons (Fsp3) is 0.444. The molecule has 0 spiro atoms. The first-order chi connectivity index (χ1) is 12.3. The highest BCUT2D eigenvalue weighted by atomic mass is 16.1. The SMILES string of the molecule is CCCNC(=O)C1CCCN(c2ncnc3cnc4[nH]ccc4c23)C1. The van der Waals surface area contributed by atoms with Gasteiger partial charge in [0.1, 0.15) is 17.8 Å². The molecular weight excluding hydrogens is 316 g/mol. The summed E-state index contributed by atoms with van der Waals surface area (Å²) >= 11 is 0. The average Bonchev–Trinajstić information content (AvgIpc) is 3.14. The average molecular weight is 338 g/mol. The van der Waals surface area contributed by atoms with Gasteiger partial charge in [0, 0.05) is 31.2 Å². The Morgan fingerprint density at radius 3 is 3.20 bits per heavy atom. The fourth-order valence-corrected chi connectivity index (χ4v) is 3.56. The molecule has 3 aromatic heterocycles. The van der Waals surface area contributed by atoms with Crippen molar-refractivity contribution in [3.8, 4) is 0 Å². The molecule has 130 valence electrons. The summed E-state index contributed by atoms with van der Waals surface area (Å²) in [7, 11) is 0. The molecule has 0 bridgehead atoms. The van der Waals surface area contributed by atoms with Crippen molar-refractivity contribution in [1.29, 1.82) is 0 Å². The van der Waals surface area contributed by atoms with Crippen molar-refractivity contribution >= 4 is 33.7 Å². The van der Waals surface area contributed by atoms with E-state index in [9.17, 15) is 4.79 Å². The molecule has 1 aliphatic heterocycles. The van der Waals surface area contributed by atoms with Crippen LogP contribution in [0.1, 0.15) is 26.2 Å². The highest BCUT2D eigenvalue weighted by Crippen LogP contribution is 2.31. The molecule has 0 saturated carbocycles. The molecule has 1 amide bonds. The van der Waals surface area contributed by atoms with Gasteiger partial charge in [-0.3, -0.25) is 4.79 Å². The van der Waals surface area contributed by atoms with Gasteiger partial charge in [-0.1, -0.05) is 6.92 Å². The molecule has 0 aromatic carbocycles. The number of carbonyl (C=O) groups excluding carboxylic acids is 1. The van der Waals surface area contributed by atoms with Gasteiger partial charge in [0.25, 0.3) is 0 Å². The second-order valence-electron chi connectivity index (χ2n) is 6.53. The number of carbonyl (C=O) groups is 1. The molecule has 0 aliphatic carbocycles. The first-order valence-corrected chi connectivity index (χ1v) is 8.87. The van der Waals surface area contributed by atoms with Gasteiger partial charge in [0.05, 0.1) is 23.0 Å². The summed E-state index contributed by atoms with van der Waals surface area (Å²) < 4.78 is 0. The number of anilines is 1. The van der Waals surface area contributed by atoms with Crippen molar-refractivity contribution in [2.45, 2.75) is 26.2 Å². The number of hydrogen-bond acceptors (Lipinski definition) is 5. The van der Waals surface area contributed by atoms with Crippen LogP contribution < -0.4 is 10.2 Å². The molecule has 7 nitrogen and oxygen atoms in total. The zero-order valence-corrected chi connectivity index (χ0v) is 14.3. The van der Waals surface area contributed by atoms with E-state index in [4.69, 9.17) is 0 Å². The Hall–Kier alpha value is -2.70. The van der Waals surface area contributed by atoms with Gasteiger partial charge in [0.15, 0.2) is 0 Å². The molecule has 4 rings (SSSR count). The van der Waals surface area contributed by atoms with E-state index in [1.165, 1.54) is 0 Å². The molecule has 7 heteroatoms. The molecular formula is C18H22N6O. The predicted molar refractivity (Wildman–Crippen MR) is 97.4 cm³/mol. The van der Waals surface area contributed by atoms with E-state index in [0.29, 0.717) is 6.54 Å². The molecule has 1 unspecified atom stereocenters. The maximum Gasteiger partial charge on any atom is 0.224 e. The number of hydrogen-bond donors (Lipinski definition) is 2. The van der Waals surface area contributed by atoms with Crippen molar-refractivity contribution < 1.29 is 4.79 Å². The number of nitrogens with one attached hydrogen (secondary N) is 2. The molecule has 1 atom stereocenters. The van der Waals surface area contributed by atoms with Gasteiger partial charge in [-0.15, -0.1) is 0 Å². The number of nitrogens with zero attached hydrogens (tertiary/aromatic N) is 4. The van der Waals surface area contributed by atoms with Crippen LogP contribution in [0.5, 0.6) is 0 Å². The Kier molecular flexibility index (Phi) is 4.21. The highest BCUT2D eigenvalue weighted by molar-refractivity contribution is 6.08. The first kappa shape index (κ1) is 15.8. The maximum atomic E-state index is 12.4. The quantitative estimate of drug-likeness (QED) is 0.762. The zero-order chi connectivity index (χ0) is 17.2. The van der Waals surface area contributed by atoms with Crippen molar-refractivity contribution in [2.24, 2.45) is 5.92 Å². The van der Waals surface area contributed by atoms with E-state index in [1.54, 1.807) is 12.5 Å². The summed E-state index contributed by atoms with van der Waals surface area (Å²) in [6.45, 7) is 4.39. The minimum atomic E-state index is 0.00821. The lowest BCUT2D eigenvalue weighted by Crippen LogP contribution is -2.43. The van der Waals surface area contributed by atoms with Crippen LogP contribution in [0.4, 0.5) is 5.82 Å². The van der Waals surface area contributed by atoms with Crippen LogP contribution >= 0.6 is 0 Å². The van der Waals surface area contributed by atoms with Crippen LogP contribution in [0.2, 0.25) is 0 Å². The third kappa shape index (κ3) is 2.90. The molecule has 4 heterocycles. The van der Waals surface area contributed by atoms with E-state index < -0.39 is 0 Å². The Morgan fingerprint density at radius 1 is 1.40 bits per heavy atom. The van der Waals surface area contributed by atoms with Gasteiger partial charge in [-0.25, -0.2) is 15.0 Å². The summed E-state index contributed by atoms with van der Waals surface area (Å²) in [4.78, 5) is 31.1. The summed E-state index contributed by atoms with van der Waals surface area (Å²) in [5.74, 6) is 1.05. The number of amides is 1. The Morgan fingerprint density at radius 2 is 2.32 bits per heavy atom. The minimum Gasteiger partial charge on any atom is -0.356 e. The van der Waals surface area contributed by atoms with Gasteiger partial charge in [-0.2, -0.15) is 0 Å². The lowest BCUT2D eigenvalue weighted by Gasteiger charge is -2.33. The Balaban J connectivity index is 1.69. The maximum absolute atomic E-state index is 12.4. The summed E-state index contributed by atoms with van der Waals surface area (Å²) in [5, 5.41) is 5.05. The zero-order valence-electron chi connectivity index (χ0n) is 14.3. The lowest BCUT2D eigenvalue weighted by molar-refractivity contribution is -0.125. The minimum absolute atomic E-state index is 0.00821. The second-order valence-corrected chi connectivity index (χ2v) is 6.53. The van der Waals surface area contributed by atoms with Crippen LogP contribution in [0.15, 0.2) is 24.8 Å². The van der Waals surface area contributed by atoms with Crippen molar-refractivity contribution in [3.63, 3.8) is 0 Å². The smallest absolute Gasteiger partial charge is 0.224 e. The van der Waals surface area contributed by atoms with Crippen molar-refractivity contribution in [1.82, 2.24) is 25.3 Å². The van der Waals surface area contributed by atoms with Crippen LogP contribution in [0.3, 0.4) is 0 Å². The fourth-order valence-electron chi connectivity index (χ4n) is 3.56. The lowest BCUT2D eigenvalue weighted by atomic mass is 9.96. The molecule has 1 fully saturated rings. The number of fused-ring (bicyclic) bond motifs is 3. The van der Waals surface area contributed by atoms with E-state index >= 15 is 0 Å². The number of aromatic amines is 1.